The minimum atomic E-state index is -0.444. The number of carbonyl (C=O) groups excluding carboxylic acids is 1. The van der Waals surface area contributed by atoms with Crippen molar-refractivity contribution in [3.8, 4) is 0 Å². The predicted molar refractivity (Wildman–Crippen MR) is 49.6 cm³/mol. The van der Waals surface area contributed by atoms with Crippen molar-refractivity contribution >= 4 is 22.8 Å². The highest BCUT2D eigenvalue weighted by Gasteiger charge is 2.09. The van der Waals surface area contributed by atoms with Gasteiger partial charge in [0.25, 0.3) is 0 Å². The van der Waals surface area contributed by atoms with E-state index in [9.17, 15) is 4.79 Å². The SMILES string of the molecule is COC(=O)c1cnc2[nH]nc(N)c2c1. The van der Waals surface area contributed by atoms with Crippen molar-refractivity contribution in [2.75, 3.05) is 12.8 Å². The van der Waals surface area contributed by atoms with E-state index in [1.807, 2.05) is 0 Å². The van der Waals surface area contributed by atoms with Crippen LogP contribution in [0.15, 0.2) is 12.3 Å². The largest absolute Gasteiger partial charge is 0.465 e. The topological polar surface area (TPSA) is 93.9 Å². The van der Waals surface area contributed by atoms with Crippen LogP contribution in [0.25, 0.3) is 11.0 Å². The zero-order chi connectivity index (χ0) is 10.1. The first-order valence-corrected chi connectivity index (χ1v) is 3.90. The number of nitrogens with one attached hydrogen (secondary N) is 1. The second kappa shape index (κ2) is 2.99. The summed E-state index contributed by atoms with van der Waals surface area (Å²) in [5.41, 5.74) is 6.46. The van der Waals surface area contributed by atoms with Gasteiger partial charge in [0.05, 0.1) is 18.1 Å². The zero-order valence-corrected chi connectivity index (χ0v) is 7.44. The molecule has 6 nitrogen and oxygen atoms in total. The molecule has 2 rings (SSSR count). The second-order valence-electron chi connectivity index (χ2n) is 2.72. The van der Waals surface area contributed by atoms with Crippen LogP contribution in [0.1, 0.15) is 10.4 Å². The second-order valence-corrected chi connectivity index (χ2v) is 2.72. The molecule has 0 aliphatic heterocycles. The average molecular weight is 192 g/mol. The Labute approximate surface area is 79.1 Å². The molecule has 0 saturated heterocycles. The minimum absolute atomic E-state index is 0.318. The number of nitrogens with zero attached hydrogens (tertiary/aromatic N) is 2. The highest BCUT2D eigenvalue weighted by atomic mass is 16.5. The number of ether oxygens (including phenoxy) is 1. The van der Waals surface area contributed by atoms with Crippen molar-refractivity contribution in [2.45, 2.75) is 0 Å². The maximum absolute atomic E-state index is 11.2. The number of nitrogen functional groups attached to an aromatic ring is 1. The summed E-state index contributed by atoms with van der Waals surface area (Å²) in [7, 11) is 1.31. The summed E-state index contributed by atoms with van der Waals surface area (Å²) in [6.07, 6.45) is 1.41. The summed E-state index contributed by atoms with van der Waals surface area (Å²) in [4.78, 5) is 15.1. The molecule has 0 aromatic carbocycles. The van der Waals surface area contributed by atoms with Crippen LogP contribution in [0, 0.1) is 0 Å². The van der Waals surface area contributed by atoms with Gasteiger partial charge in [-0.1, -0.05) is 0 Å². The van der Waals surface area contributed by atoms with Gasteiger partial charge in [-0.15, -0.1) is 0 Å². The van der Waals surface area contributed by atoms with Gasteiger partial charge in [-0.25, -0.2) is 9.78 Å². The number of nitrogens with two attached hydrogens (primary N) is 1. The number of methoxy groups -OCH3 is 1. The first-order chi connectivity index (χ1) is 6.72. The van der Waals surface area contributed by atoms with Crippen molar-refractivity contribution in [2.24, 2.45) is 0 Å². The van der Waals surface area contributed by atoms with E-state index in [0.717, 1.165) is 0 Å². The average Bonchev–Trinajstić information content (AvgIpc) is 2.59. The molecule has 0 spiro atoms. The fourth-order valence-corrected chi connectivity index (χ4v) is 1.15. The molecule has 0 amide bonds. The number of hydrogen-bond donors (Lipinski definition) is 2. The predicted octanol–water partition coefficient (Wildman–Crippen LogP) is 0.327. The number of H-pyrrole nitrogens is 1. The number of aromatic amines is 1. The van der Waals surface area contributed by atoms with E-state index >= 15 is 0 Å². The van der Waals surface area contributed by atoms with Crippen LogP contribution >= 0.6 is 0 Å². The molecular weight excluding hydrogens is 184 g/mol. The van der Waals surface area contributed by atoms with E-state index in [2.05, 4.69) is 19.9 Å². The van der Waals surface area contributed by atoms with Gasteiger partial charge in [-0.05, 0) is 6.07 Å². The third-order valence-electron chi connectivity index (χ3n) is 1.87. The van der Waals surface area contributed by atoms with E-state index < -0.39 is 5.97 Å². The number of esters is 1. The first-order valence-electron chi connectivity index (χ1n) is 3.90. The highest BCUT2D eigenvalue weighted by molar-refractivity contribution is 5.95. The number of hydrogen-bond acceptors (Lipinski definition) is 5. The molecule has 3 N–H and O–H groups in total. The Bertz CT molecular complexity index is 491. The maximum Gasteiger partial charge on any atom is 0.339 e. The number of pyridine rings is 1. The standard InChI is InChI=1S/C8H8N4O2/c1-14-8(13)4-2-5-6(9)11-12-7(5)10-3-4/h2-3H,1H3,(H3,9,10,11,12). The van der Waals surface area contributed by atoms with Crippen molar-refractivity contribution in [1.29, 1.82) is 0 Å². The minimum Gasteiger partial charge on any atom is -0.465 e. The van der Waals surface area contributed by atoms with Crippen molar-refractivity contribution in [3.63, 3.8) is 0 Å². The van der Waals surface area contributed by atoms with Crippen LogP contribution in [0.2, 0.25) is 0 Å². The molecule has 2 aromatic heterocycles. The van der Waals surface area contributed by atoms with E-state index in [1.54, 1.807) is 6.07 Å². The summed E-state index contributed by atoms with van der Waals surface area (Å²) in [5, 5.41) is 7.01. The third-order valence-corrected chi connectivity index (χ3v) is 1.87. The Kier molecular flexibility index (Phi) is 1.81. The molecule has 0 atom stereocenters. The van der Waals surface area contributed by atoms with Crippen LogP contribution in [0.5, 0.6) is 0 Å². The van der Waals surface area contributed by atoms with Gasteiger partial charge in [-0.3, -0.25) is 5.10 Å². The van der Waals surface area contributed by atoms with Crippen LogP contribution in [-0.2, 0) is 4.74 Å². The molecule has 0 unspecified atom stereocenters. The van der Waals surface area contributed by atoms with Crippen molar-refractivity contribution < 1.29 is 9.53 Å². The molecule has 0 aliphatic rings. The zero-order valence-electron chi connectivity index (χ0n) is 7.44. The van der Waals surface area contributed by atoms with Gasteiger partial charge in [0.2, 0.25) is 0 Å². The molecule has 0 radical (unpaired) electrons. The number of aromatic nitrogens is 3. The summed E-state index contributed by atoms with van der Waals surface area (Å²) in [6.45, 7) is 0. The van der Waals surface area contributed by atoms with E-state index in [4.69, 9.17) is 5.73 Å². The monoisotopic (exact) mass is 192 g/mol. The first kappa shape index (κ1) is 8.49. The Morgan fingerprint density at radius 3 is 3.14 bits per heavy atom. The van der Waals surface area contributed by atoms with Crippen LogP contribution in [0.3, 0.4) is 0 Å². The van der Waals surface area contributed by atoms with Crippen molar-refractivity contribution in [3.05, 3.63) is 17.8 Å². The van der Waals surface area contributed by atoms with Crippen LogP contribution < -0.4 is 5.73 Å². The van der Waals surface area contributed by atoms with Gasteiger partial charge < -0.3 is 10.5 Å². The number of carbonyl (C=O) groups is 1. The number of anilines is 1. The number of fused-ring (bicyclic) bond motifs is 1. The molecule has 0 aliphatic carbocycles. The van der Waals surface area contributed by atoms with Crippen LogP contribution in [-0.4, -0.2) is 28.3 Å². The lowest BCUT2D eigenvalue weighted by atomic mass is 10.2. The van der Waals surface area contributed by atoms with E-state index in [1.165, 1.54) is 13.3 Å². The molecule has 0 fully saturated rings. The molecular formula is C8H8N4O2. The fraction of sp³-hybridized carbons (Fsp3) is 0.125. The lowest BCUT2D eigenvalue weighted by molar-refractivity contribution is 0.0600. The van der Waals surface area contributed by atoms with E-state index in [0.29, 0.717) is 22.4 Å². The van der Waals surface area contributed by atoms with Gasteiger partial charge >= 0.3 is 5.97 Å². The Morgan fingerprint density at radius 2 is 2.43 bits per heavy atom. The van der Waals surface area contributed by atoms with Gasteiger partial charge in [0.15, 0.2) is 11.5 Å². The molecule has 0 bridgehead atoms. The van der Waals surface area contributed by atoms with Gasteiger partial charge in [0.1, 0.15) is 0 Å². The van der Waals surface area contributed by atoms with Crippen molar-refractivity contribution in [1.82, 2.24) is 15.2 Å². The molecule has 2 aromatic rings. The lowest BCUT2D eigenvalue weighted by Crippen LogP contribution is -2.01. The summed E-state index contributed by atoms with van der Waals surface area (Å²) >= 11 is 0. The summed E-state index contributed by atoms with van der Waals surface area (Å²) in [5.74, 6) is -0.127. The Balaban J connectivity index is 2.60. The molecule has 14 heavy (non-hydrogen) atoms. The molecule has 0 saturated carbocycles. The Morgan fingerprint density at radius 1 is 1.64 bits per heavy atom. The molecule has 2 heterocycles. The van der Waals surface area contributed by atoms with Crippen LogP contribution in [0.4, 0.5) is 5.82 Å². The lowest BCUT2D eigenvalue weighted by Gasteiger charge is -1.97. The molecule has 72 valence electrons. The number of rotatable bonds is 1. The van der Waals surface area contributed by atoms with Gasteiger partial charge in [0, 0.05) is 6.20 Å². The van der Waals surface area contributed by atoms with E-state index in [-0.39, 0.29) is 0 Å². The summed E-state index contributed by atoms with van der Waals surface area (Å²) in [6, 6.07) is 1.59. The van der Waals surface area contributed by atoms with Gasteiger partial charge in [-0.2, -0.15) is 5.10 Å². The third kappa shape index (κ3) is 1.17. The maximum atomic E-state index is 11.2. The smallest absolute Gasteiger partial charge is 0.339 e. The summed E-state index contributed by atoms with van der Waals surface area (Å²) < 4.78 is 4.55. The highest BCUT2D eigenvalue weighted by Crippen LogP contribution is 2.16. The quantitative estimate of drug-likeness (QED) is 0.635. The Hall–Kier alpha value is -2.11. The molecule has 6 heteroatoms. The normalized spacial score (nSPS) is 10.4. The fourth-order valence-electron chi connectivity index (χ4n) is 1.15.